The zero-order valence-corrected chi connectivity index (χ0v) is 12.7. The highest BCUT2D eigenvalue weighted by Crippen LogP contribution is 2.28. The second kappa shape index (κ2) is 7.15. The molecule has 0 fully saturated rings. The summed E-state index contributed by atoms with van der Waals surface area (Å²) in [6.45, 7) is 1.74. The van der Waals surface area contributed by atoms with Crippen molar-refractivity contribution in [2.75, 3.05) is 5.43 Å². The standard InChI is InChI=1S/C14H10N4O4S/c1-2-3-11-5-6-12(23-11)9-15-16-13-7-4-10(17(19)20)8-14(13)18(21)22/h4-9,16H,1H3/b15-9-. The van der Waals surface area contributed by atoms with Gasteiger partial charge < -0.3 is 0 Å². The van der Waals surface area contributed by atoms with Gasteiger partial charge in [-0.05, 0) is 25.1 Å². The summed E-state index contributed by atoms with van der Waals surface area (Å²) in [5, 5.41) is 25.6. The molecule has 116 valence electrons. The molecule has 1 aromatic carbocycles. The average molecular weight is 330 g/mol. The quantitative estimate of drug-likeness (QED) is 0.391. The maximum absolute atomic E-state index is 11.0. The number of hydrazone groups is 1. The first kappa shape index (κ1) is 16.1. The van der Waals surface area contributed by atoms with Gasteiger partial charge in [0.2, 0.25) is 0 Å². The molecule has 1 aromatic heterocycles. The number of hydrogen-bond donors (Lipinski definition) is 1. The van der Waals surface area contributed by atoms with Crippen molar-refractivity contribution in [1.82, 2.24) is 0 Å². The zero-order chi connectivity index (χ0) is 16.8. The Hall–Kier alpha value is -3.25. The van der Waals surface area contributed by atoms with Crippen LogP contribution in [0.25, 0.3) is 0 Å². The first-order valence-electron chi connectivity index (χ1n) is 6.25. The van der Waals surface area contributed by atoms with Crippen LogP contribution in [0.1, 0.15) is 16.7 Å². The Labute approximate surface area is 134 Å². The summed E-state index contributed by atoms with van der Waals surface area (Å²) in [6.07, 6.45) is 1.50. The molecule has 0 unspecified atom stereocenters. The minimum absolute atomic E-state index is 0.0713. The lowest BCUT2D eigenvalue weighted by atomic mass is 10.2. The smallest absolute Gasteiger partial charge is 0.272 e. The highest BCUT2D eigenvalue weighted by atomic mass is 32.1. The number of nitrogens with zero attached hydrogens (tertiary/aromatic N) is 3. The molecule has 0 aliphatic carbocycles. The van der Waals surface area contributed by atoms with Gasteiger partial charge in [-0.25, -0.2) is 0 Å². The molecule has 0 bridgehead atoms. The molecule has 0 radical (unpaired) electrons. The molecule has 1 heterocycles. The Morgan fingerprint density at radius 2 is 2.00 bits per heavy atom. The summed E-state index contributed by atoms with van der Waals surface area (Å²) in [6, 6.07) is 6.97. The molecule has 0 amide bonds. The summed E-state index contributed by atoms with van der Waals surface area (Å²) in [5.41, 5.74) is 1.83. The number of non-ortho nitro benzene ring substituents is 1. The Morgan fingerprint density at radius 3 is 2.65 bits per heavy atom. The first-order chi connectivity index (χ1) is 11.0. The van der Waals surface area contributed by atoms with Crippen LogP contribution >= 0.6 is 11.3 Å². The van der Waals surface area contributed by atoms with Gasteiger partial charge in [0.25, 0.3) is 5.69 Å². The van der Waals surface area contributed by atoms with Crippen LogP contribution in [0, 0.1) is 32.1 Å². The molecule has 0 aliphatic rings. The van der Waals surface area contributed by atoms with Gasteiger partial charge in [-0.1, -0.05) is 5.92 Å². The molecule has 2 aromatic rings. The second-order valence-electron chi connectivity index (χ2n) is 4.16. The lowest BCUT2D eigenvalue weighted by Crippen LogP contribution is -1.98. The third-order valence-corrected chi connectivity index (χ3v) is 3.58. The van der Waals surface area contributed by atoms with Crippen molar-refractivity contribution in [3.05, 3.63) is 60.3 Å². The monoisotopic (exact) mass is 330 g/mol. The zero-order valence-electron chi connectivity index (χ0n) is 11.8. The molecule has 8 nitrogen and oxygen atoms in total. The minimum Gasteiger partial charge on any atom is -0.272 e. The van der Waals surface area contributed by atoms with Gasteiger partial charge in [0.1, 0.15) is 5.69 Å². The molecule has 23 heavy (non-hydrogen) atoms. The molecule has 0 saturated carbocycles. The lowest BCUT2D eigenvalue weighted by molar-refractivity contribution is -0.393. The highest BCUT2D eigenvalue weighted by molar-refractivity contribution is 7.14. The van der Waals surface area contributed by atoms with Crippen molar-refractivity contribution < 1.29 is 9.85 Å². The fourth-order valence-electron chi connectivity index (χ4n) is 1.66. The van der Waals surface area contributed by atoms with Crippen LogP contribution in [0.4, 0.5) is 17.1 Å². The van der Waals surface area contributed by atoms with Gasteiger partial charge in [-0.3, -0.25) is 25.7 Å². The topological polar surface area (TPSA) is 111 Å². The van der Waals surface area contributed by atoms with Gasteiger partial charge in [0, 0.05) is 10.9 Å². The Balaban J connectivity index is 2.18. The number of anilines is 1. The van der Waals surface area contributed by atoms with Gasteiger partial charge in [-0.15, -0.1) is 17.3 Å². The SMILES string of the molecule is CC#Cc1ccc(/C=N\Nc2ccc([N+](=O)[O-])cc2[N+](=O)[O-])s1. The number of nitro benzene ring substituents is 2. The van der Waals surface area contributed by atoms with Crippen molar-refractivity contribution in [2.45, 2.75) is 6.92 Å². The molecule has 0 saturated heterocycles. The van der Waals surface area contributed by atoms with Crippen molar-refractivity contribution in [1.29, 1.82) is 0 Å². The predicted octanol–water partition coefficient (Wildman–Crippen LogP) is 3.38. The van der Waals surface area contributed by atoms with Crippen molar-refractivity contribution in [3.63, 3.8) is 0 Å². The molecule has 9 heteroatoms. The van der Waals surface area contributed by atoms with Crippen LogP contribution in [-0.2, 0) is 0 Å². The summed E-state index contributed by atoms with van der Waals surface area (Å²) in [4.78, 5) is 22.0. The van der Waals surface area contributed by atoms with E-state index in [0.717, 1.165) is 15.8 Å². The summed E-state index contributed by atoms with van der Waals surface area (Å²) in [7, 11) is 0. The fourth-order valence-corrected chi connectivity index (χ4v) is 2.44. The van der Waals surface area contributed by atoms with Crippen molar-refractivity contribution in [3.8, 4) is 11.8 Å². The van der Waals surface area contributed by atoms with Gasteiger partial charge in [-0.2, -0.15) is 5.10 Å². The van der Waals surface area contributed by atoms with Gasteiger partial charge in [0.05, 0.1) is 27.0 Å². The number of benzene rings is 1. The van der Waals surface area contributed by atoms with Crippen LogP contribution in [0.3, 0.4) is 0 Å². The molecule has 0 atom stereocenters. The van der Waals surface area contributed by atoms with E-state index in [1.54, 1.807) is 6.92 Å². The van der Waals surface area contributed by atoms with Gasteiger partial charge in [0.15, 0.2) is 0 Å². The molecular formula is C14H10N4O4S. The van der Waals surface area contributed by atoms with E-state index < -0.39 is 15.5 Å². The maximum Gasteiger partial charge on any atom is 0.301 e. The molecule has 1 N–H and O–H groups in total. The lowest BCUT2D eigenvalue weighted by Gasteiger charge is -2.01. The van der Waals surface area contributed by atoms with E-state index in [1.807, 2.05) is 12.1 Å². The van der Waals surface area contributed by atoms with Crippen LogP contribution in [0.15, 0.2) is 35.4 Å². The largest absolute Gasteiger partial charge is 0.301 e. The second-order valence-corrected chi connectivity index (χ2v) is 5.28. The Bertz CT molecular complexity index is 848. The minimum atomic E-state index is -0.703. The van der Waals surface area contributed by atoms with Crippen LogP contribution in [-0.4, -0.2) is 16.1 Å². The molecule has 0 aliphatic heterocycles. The van der Waals surface area contributed by atoms with E-state index >= 15 is 0 Å². The van der Waals surface area contributed by atoms with Crippen LogP contribution in [0.5, 0.6) is 0 Å². The predicted molar refractivity (Wildman–Crippen MR) is 87.8 cm³/mol. The third kappa shape index (κ3) is 4.12. The first-order valence-corrected chi connectivity index (χ1v) is 7.07. The Morgan fingerprint density at radius 1 is 1.22 bits per heavy atom. The average Bonchev–Trinajstić information content (AvgIpc) is 2.95. The van der Waals surface area contributed by atoms with Gasteiger partial charge >= 0.3 is 5.69 Å². The van der Waals surface area contributed by atoms with E-state index in [2.05, 4.69) is 22.4 Å². The highest BCUT2D eigenvalue weighted by Gasteiger charge is 2.18. The number of thiophene rings is 1. The van der Waals surface area contributed by atoms with E-state index in [4.69, 9.17) is 0 Å². The molecule has 2 rings (SSSR count). The molecule has 0 spiro atoms. The number of nitrogens with one attached hydrogen (secondary N) is 1. The van der Waals surface area contributed by atoms with Crippen LogP contribution in [0.2, 0.25) is 0 Å². The summed E-state index contributed by atoms with van der Waals surface area (Å²) in [5.74, 6) is 5.69. The maximum atomic E-state index is 11.0. The van der Waals surface area contributed by atoms with Crippen molar-refractivity contribution in [2.24, 2.45) is 5.10 Å². The van der Waals surface area contributed by atoms with Crippen LogP contribution < -0.4 is 5.43 Å². The molecular weight excluding hydrogens is 320 g/mol. The third-order valence-electron chi connectivity index (χ3n) is 2.64. The normalized spacial score (nSPS) is 10.1. The summed E-state index contributed by atoms with van der Waals surface area (Å²) < 4.78 is 0. The van der Waals surface area contributed by atoms with Crippen molar-refractivity contribution >= 4 is 34.6 Å². The van der Waals surface area contributed by atoms with E-state index in [0.29, 0.717) is 0 Å². The Kier molecular flexibility index (Phi) is 5.01. The number of nitro groups is 2. The number of hydrogen-bond acceptors (Lipinski definition) is 7. The van der Waals surface area contributed by atoms with E-state index in [9.17, 15) is 20.2 Å². The van der Waals surface area contributed by atoms with E-state index in [-0.39, 0.29) is 11.4 Å². The fraction of sp³-hybridized carbons (Fsp3) is 0.0714. The number of rotatable bonds is 5. The summed E-state index contributed by atoms with van der Waals surface area (Å²) >= 11 is 1.42. The van der Waals surface area contributed by atoms with E-state index in [1.165, 1.54) is 29.7 Å².